The van der Waals surface area contributed by atoms with Gasteiger partial charge in [0.15, 0.2) is 0 Å². The van der Waals surface area contributed by atoms with Gasteiger partial charge in [-0.1, -0.05) is 11.6 Å². The van der Waals surface area contributed by atoms with Crippen molar-refractivity contribution in [3.63, 3.8) is 0 Å². The maximum atomic E-state index is 14.0. The van der Waals surface area contributed by atoms with Gasteiger partial charge >= 0.3 is 0 Å². The Morgan fingerprint density at radius 1 is 1.48 bits per heavy atom. The Labute approximate surface area is 181 Å². The van der Waals surface area contributed by atoms with Gasteiger partial charge in [-0.15, -0.1) is 0 Å². The fourth-order valence-corrected chi connectivity index (χ4v) is 3.52. The number of carbonyl (C=O) groups is 2. The Kier molecular flexibility index (Phi) is 5.44. The van der Waals surface area contributed by atoms with Gasteiger partial charge in [0, 0.05) is 37.0 Å². The molecule has 1 atom stereocenters. The van der Waals surface area contributed by atoms with E-state index < -0.39 is 5.82 Å². The second-order valence-electron chi connectivity index (χ2n) is 7.17. The number of aryl methyl sites for hydroxylation is 1. The van der Waals surface area contributed by atoms with Crippen molar-refractivity contribution in [2.75, 3.05) is 5.32 Å². The van der Waals surface area contributed by atoms with E-state index in [4.69, 9.17) is 16.9 Å². The van der Waals surface area contributed by atoms with Crippen LogP contribution in [-0.2, 0) is 17.9 Å². The monoisotopic (exact) mass is 441 g/mol. The second-order valence-corrected chi connectivity index (χ2v) is 7.57. The molecule has 1 aliphatic rings. The van der Waals surface area contributed by atoms with Crippen LogP contribution < -0.4 is 10.6 Å². The van der Waals surface area contributed by atoms with E-state index >= 15 is 0 Å². The van der Waals surface area contributed by atoms with Crippen LogP contribution in [0.1, 0.15) is 29.4 Å². The van der Waals surface area contributed by atoms with Gasteiger partial charge in [-0.3, -0.25) is 19.6 Å². The fraction of sp³-hybridized carbons (Fsp3) is 0.250. The Balaban J connectivity index is 1.41. The lowest BCUT2D eigenvalue weighted by atomic mass is 10.1. The molecule has 1 aromatic carbocycles. The van der Waals surface area contributed by atoms with Crippen molar-refractivity contribution in [2.45, 2.75) is 32.5 Å². The number of rotatable bonds is 5. The number of hydrogen-bond donors (Lipinski definition) is 2. The quantitative estimate of drug-likeness (QED) is 0.631. The molecule has 2 amide bonds. The number of fused-ring (bicyclic) bond motifs is 1. The predicted octanol–water partition coefficient (Wildman–Crippen LogP) is 2.57. The van der Waals surface area contributed by atoms with Crippen LogP contribution in [0.25, 0.3) is 11.3 Å². The minimum atomic E-state index is -0.709. The van der Waals surface area contributed by atoms with E-state index in [1.165, 1.54) is 12.1 Å². The summed E-state index contributed by atoms with van der Waals surface area (Å²) < 4.78 is 17.3. The smallest absolute Gasteiger partial charge is 0.271 e. The molecular formula is C20H17ClFN7O2. The Hall–Kier alpha value is -3.71. The molecule has 0 radical (unpaired) electrons. The lowest BCUT2D eigenvalue weighted by Crippen LogP contribution is -2.36. The van der Waals surface area contributed by atoms with Crippen molar-refractivity contribution in [2.24, 2.45) is 0 Å². The summed E-state index contributed by atoms with van der Waals surface area (Å²) in [6.45, 7) is 2.66. The number of hydrogen-bond acceptors (Lipinski definition) is 5. The molecule has 158 valence electrons. The average molecular weight is 442 g/mol. The number of amides is 2. The second kappa shape index (κ2) is 8.20. The SMILES string of the molecule is CC(Cn1ccc(-c2cc(F)c(C#N)c(Cl)c2)n1)NC(=O)c1cn2c(n1)NC(=O)CC2. The third-order valence-electron chi connectivity index (χ3n) is 4.77. The molecule has 0 spiro atoms. The molecule has 1 unspecified atom stereocenters. The van der Waals surface area contributed by atoms with Crippen molar-refractivity contribution in [3.8, 4) is 17.3 Å². The van der Waals surface area contributed by atoms with Gasteiger partial charge in [0.05, 0.1) is 17.3 Å². The largest absolute Gasteiger partial charge is 0.346 e. The molecule has 11 heteroatoms. The summed E-state index contributed by atoms with van der Waals surface area (Å²) in [4.78, 5) is 28.1. The maximum absolute atomic E-state index is 14.0. The summed E-state index contributed by atoms with van der Waals surface area (Å²) in [5.41, 5.74) is 0.943. The molecule has 3 aromatic rings. The molecule has 1 aliphatic heterocycles. The van der Waals surface area contributed by atoms with Crippen LogP contribution in [0.15, 0.2) is 30.6 Å². The maximum Gasteiger partial charge on any atom is 0.271 e. The molecule has 9 nitrogen and oxygen atoms in total. The van der Waals surface area contributed by atoms with Crippen LogP contribution >= 0.6 is 11.6 Å². The molecule has 2 N–H and O–H groups in total. The molecule has 31 heavy (non-hydrogen) atoms. The summed E-state index contributed by atoms with van der Waals surface area (Å²) in [5.74, 6) is -0.841. The van der Waals surface area contributed by atoms with E-state index in [0.29, 0.717) is 36.7 Å². The van der Waals surface area contributed by atoms with E-state index in [0.717, 1.165) is 0 Å². The Bertz CT molecular complexity index is 1200. The normalized spacial score (nSPS) is 13.8. The molecule has 2 aromatic heterocycles. The highest BCUT2D eigenvalue weighted by molar-refractivity contribution is 6.32. The highest BCUT2D eigenvalue weighted by Gasteiger charge is 2.21. The number of carbonyl (C=O) groups excluding carboxylic acids is 2. The molecule has 0 fully saturated rings. The molecule has 3 heterocycles. The number of aromatic nitrogens is 4. The van der Waals surface area contributed by atoms with Gasteiger partial charge < -0.3 is 9.88 Å². The summed E-state index contributed by atoms with van der Waals surface area (Å²) in [7, 11) is 0. The molecular weight excluding hydrogens is 425 g/mol. The van der Waals surface area contributed by atoms with Gasteiger partial charge in [-0.25, -0.2) is 9.37 Å². The zero-order chi connectivity index (χ0) is 22.1. The highest BCUT2D eigenvalue weighted by Crippen LogP contribution is 2.26. The van der Waals surface area contributed by atoms with Crippen molar-refractivity contribution in [1.82, 2.24) is 24.6 Å². The van der Waals surface area contributed by atoms with Crippen molar-refractivity contribution in [1.29, 1.82) is 5.26 Å². The van der Waals surface area contributed by atoms with Crippen LogP contribution in [0, 0.1) is 17.1 Å². The standard InChI is InChI=1S/C20H17ClFN7O2/c1-11(24-19(31)17-10-28-4-3-18(30)26-20(28)25-17)9-29-5-2-16(27-29)12-6-14(21)13(8-23)15(22)7-12/h2,5-7,10-11H,3-4,9H2,1H3,(H,24,31)(H,25,26,30). The lowest BCUT2D eigenvalue weighted by molar-refractivity contribution is -0.116. The van der Waals surface area contributed by atoms with E-state index in [-0.39, 0.29) is 34.1 Å². The first-order valence-corrected chi connectivity index (χ1v) is 9.82. The summed E-state index contributed by atoms with van der Waals surface area (Å²) in [6, 6.07) is 5.83. The minimum absolute atomic E-state index is 0.0200. The fourth-order valence-electron chi connectivity index (χ4n) is 3.27. The molecule has 0 bridgehead atoms. The zero-order valence-corrected chi connectivity index (χ0v) is 17.1. The van der Waals surface area contributed by atoms with Gasteiger partial charge in [0.25, 0.3) is 5.91 Å². The van der Waals surface area contributed by atoms with E-state index in [9.17, 15) is 14.0 Å². The van der Waals surface area contributed by atoms with Gasteiger partial charge in [-0.05, 0) is 25.1 Å². The van der Waals surface area contributed by atoms with Crippen LogP contribution in [0.2, 0.25) is 5.02 Å². The van der Waals surface area contributed by atoms with Crippen LogP contribution in [0.4, 0.5) is 10.3 Å². The van der Waals surface area contributed by atoms with Crippen molar-refractivity contribution < 1.29 is 14.0 Å². The van der Waals surface area contributed by atoms with Crippen molar-refractivity contribution >= 4 is 29.4 Å². The van der Waals surface area contributed by atoms with Crippen LogP contribution in [0.3, 0.4) is 0 Å². The number of nitrogens with one attached hydrogen (secondary N) is 2. The molecule has 4 rings (SSSR count). The lowest BCUT2D eigenvalue weighted by Gasteiger charge is -2.13. The van der Waals surface area contributed by atoms with Gasteiger partial charge in [0.1, 0.15) is 23.1 Å². The molecule has 0 saturated carbocycles. The first kappa shape index (κ1) is 20.6. The van der Waals surface area contributed by atoms with E-state index in [2.05, 4.69) is 20.7 Å². The van der Waals surface area contributed by atoms with E-state index in [1.54, 1.807) is 33.8 Å². The summed E-state index contributed by atoms with van der Waals surface area (Å²) in [6.07, 6.45) is 3.65. The van der Waals surface area contributed by atoms with Crippen molar-refractivity contribution in [3.05, 3.63) is 52.7 Å². The van der Waals surface area contributed by atoms with Gasteiger partial charge in [0.2, 0.25) is 11.9 Å². The number of imidazole rings is 1. The van der Waals surface area contributed by atoms with Crippen LogP contribution in [-0.4, -0.2) is 37.2 Å². The number of halogens is 2. The Morgan fingerprint density at radius 2 is 2.29 bits per heavy atom. The first-order valence-electron chi connectivity index (χ1n) is 9.45. The Morgan fingerprint density at radius 3 is 3.03 bits per heavy atom. The average Bonchev–Trinajstić information content (AvgIpc) is 3.34. The molecule has 0 aliphatic carbocycles. The minimum Gasteiger partial charge on any atom is -0.346 e. The highest BCUT2D eigenvalue weighted by atomic mass is 35.5. The summed E-state index contributed by atoms with van der Waals surface area (Å²) >= 11 is 5.96. The number of benzene rings is 1. The third-order valence-corrected chi connectivity index (χ3v) is 5.07. The number of anilines is 1. The number of nitrogens with zero attached hydrogens (tertiary/aromatic N) is 5. The first-order chi connectivity index (χ1) is 14.8. The molecule has 0 saturated heterocycles. The zero-order valence-electron chi connectivity index (χ0n) is 16.4. The number of nitriles is 1. The van der Waals surface area contributed by atoms with Crippen LogP contribution in [0.5, 0.6) is 0 Å². The topological polar surface area (TPSA) is 118 Å². The predicted molar refractivity (Wildman–Crippen MR) is 110 cm³/mol. The summed E-state index contributed by atoms with van der Waals surface area (Å²) in [5, 5.41) is 18.8. The van der Waals surface area contributed by atoms with Gasteiger partial charge in [-0.2, -0.15) is 10.4 Å². The third kappa shape index (κ3) is 4.27. The van der Waals surface area contributed by atoms with E-state index in [1.807, 2.05) is 6.92 Å².